The van der Waals surface area contributed by atoms with Crippen LogP contribution in [0.15, 0.2) is 0 Å². The molecule has 17 heavy (non-hydrogen) atoms. The molecule has 2 aliphatic carbocycles. The zero-order chi connectivity index (χ0) is 11.1. The quantitative estimate of drug-likeness (QED) is 0.468. The van der Waals surface area contributed by atoms with Crippen LogP contribution in [-0.2, 0) is 17.1 Å². The Kier molecular flexibility index (Phi) is 14.6. The number of rotatable bonds is 2. The van der Waals surface area contributed by atoms with Crippen LogP contribution in [-0.4, -0.2) is 25.0 Å². The van der Waals surface area contributed by atoms with Gasteiger partial charge >= 0.3 is 35.9 Å². The fourth-order valence-electron chi connectivity index (χ4n) is 1.20. The standard InChI is InChI=1S/C9H13N.C5H5.Fe.Li/c1-8(10(2)3)9-6-4-5-7-9;1-2-4-5-3-1;;/h4-6,8H,1-3H3;1-5H;;/q-1;;+2;+1/t8-;;;/m0.../s1. The Balaban J connectivity index is 0. The fourth-order valence-corrected chi connectivity index (χ4v) is 1.20. The molecule has 0 aromatic rings. The predicted molar refractivity (Wildman–Crippen MR) is 64.0 cm³/mol. The Morgan fingerprint density at radius 3 is 1.76 bits per heavy atom. The molecule has 2 aliphatic rings. The van der Waals surface area contributed by atoms with Crippen LogP contribution in [0.2, 0.25) is 0 Å². The van der Waals surface area contributed by atoms with Crippen molar-refractivity contribution in [3.63, 3.8) is 0 Å². The van der Waals surface area contributed by atoms with E-state index in [2.05, 4.69) is 38.8 Å². The Labute approximate surface area is 131 Å². The molecule has 0 bridgehead atoms. The third-order valence-electron chi connectivity index (χ3n) is 2.40. The second kappa shape index (κ2) is 12.1. The first-order valence-electron chi connectivity index (χ1n) is 5.18. The summed E-state index contributed by atoms with van der Waals surface area (Å²) in [6, 6.07) is 0.481. The Hall–Kier alpha value is 1.08. The van der Waals surface area contributed by atoms with Crippen molar-refractivity contribution in [2.45, 2.75) is 13.0 Å². The van der Waals surface area contributed by atoms with E-state index in [9.17, 15) is 0 Å². The van der Waals surface area contributed by atoms with Gasteiger partial charge in [0, 0.05) is 0 Å². The normalized spacial score (nSPS) is 21.2. The monoisotopic (exact) mass is 263 g/mol. The van der Waals surface area contributed by atoms with Gasteiger partial charge in [-0.3, -0.25) is 0 Å². The molecule has 0 amide bonds. The SMILES string of the molecule is C[C@@H]([C]1[C-][CH][CH][CH]1)N(C)C.[CH]1[CH][CH][CH][CH]1.[Fe+2].[Li+]. The number of hydrogen-bond acceptors (Lipinski definition) is 1. The molecule has 2 rings (SSSR count). The fraction of sp³-hybridized carbons (Fsp3) is 0.286. The van der Waals surface area contributed by atoms with Gasteiger partial charge in [0.2, 0.25) is 0 Å². The predicted octanol–water partition coefficient (Wildman–Crippen LogP) is -0.758. The molecule has 0 unspecified atom stereocenters. The van der Waals surface area contributed by atoms with E-state index in [1.54, 1.807) is 0 Å². The van der Waals surface area contributed by atoms with Crippen LogP contribution in [0.3, 0.4) is 0 Å². The summed E-state index contributed by atoms with van der Waals surface area (Å²) in [5.74, 6) is 1.27. The Morgan fingerprint density at radius 2 is 1.47 bits per heavy atom. The van der Waals surface area contributed by atoms with Crippen molar-refractivity contribution in [1.29, 1.82) is 0 Å². The van der Waals surface area contributed by atoms with Crippen molar-refractivity contribution in [3.8, 4) is 0 Å². The van der Waals surface area contributed by atoms with E-state index >= 15 is 0 Å². The molecule has 0 aliphatic heterocycles. The zero-order valence-corrected chi connectivity index (χ0v) is 12.1. The van der Waals surface area contributed by atoms with Crippen molar-refractivity contribution < 1.29 is 35.9 Å². The van der Waals surface area contributed by atoms with Crippen LogP contribution >= 0.6 is 0 Å². The van der Waals surface area contributed by atoms with Gasteiger partial charge in [-0.25, -0.2) is 6.42 Å². The maximum atomic E-state index is 3.18. The molecule has 0 spiro atoms. The Bertz CT molecular complexity index is 147. The van der Waals surface area contributed by atoms with E-state index in [1.165, 1.54) is 5.92 Å². The molecule has 1 nitrogen and oxygen atoms in total. The van der Waals surface area contributed by atoms with Gasteiger partial charge in [-0.05, 0) is 52.2 Å². The summed E-state index contributed by atoms with van der Waals surface area (Å²) < 4.78 is 0. The first kappa shape index (κ1) is 20.4. The molecular weight excluding hydrogens is 245 g/mol. The summed E-state index contributed by atoms with van der Waals surface area (Å²) in [5, 5.41) is 0. The summed E-state index contributed by atoms with van der Waals surface area (Å²) in [7, 11) is 4.15. The minimum absolute atomic E-state index is 0. The van der Waals surface area contributed by atoms with Gasteiger partial charge < -0.3 is 11.3 Å². The van der Waals surface area contributed by atoms with Gasteiger partial charge in [-0.15, -0.1) is 0 Å². The first-order valence-corrected chi connectivity index (χ1v) is 5.18. The molecule has 2 fully saturated rings. The molecule has 0 saturated heterocycles. The van der Waals surface area contributed by atoms with Crippen LogP contribution in [0.4, 0.5) is 0 Å². The number of nitrogens with zero attached hydrogens (tertiary/aromatic N) is 1. The summed E-state index contributed by atoms with van der Waals surface area (Å²) >= 11 is 0. The van der Waals surface area contributed by atoms with Crippen molar-refractivity contribution in [2.24, 2.45) is 0 Å². The molecule has 0 N–H and O–H groups in total. The van der Waals surface area contributed by atoms with Crippen LogP contribution in [0.5, 0.6) is 0 Å². The molecule has 2 saturated carbocycles. The third kappa shape index (κ3) is 8.74. The molecule has 1 atom stereocenters. The van der Waals surface area contributed by atoms with Gasteiger partial charge in [0.15, 0.2) is 0 Å². The van der Waals surface area contributed by atoms with Gasteiger partial charge in [-0.2, -0.15) is 5.92 Å². The summed E-state index contributed by atoms with van der Waals surface area (Å²) in [5.41, 5.74) is 0. The summed E-state index contributed by atoms with van der Waals surface area (Å²) in [6.07, 6.45) is 19.3. The van der Waals surface area contributed by atoms with Crippen LogP contribution in [0.25, 0.3) is 0 Å². The van der Waals surface area contributed by atoms with Crippen molar-refractivity contribution in [2.75, 3.05) is 14.1 Å². The topological polar surface area (TPSA) is 3.24 Å². The molecule has 0 heterocycles. The van der Waals surface area contributed by atoms with Crippen molar-refractivity contribution in [1.82, 2.24) is 4.90 Å². The van der Waals surface area contributed by atoms with Gasteiger partial charge in [0.25, 0.3) is 0 Å². The molecule has 10 radical (unpaired) electrons. The van der Waals surface area contributed by atoms with Crippen LogP contribution in [0.1, 0.15) is 6.92 Å². The molecule has 86 valence electrons. The van der Waals surface area contributed by atoms with E-state index in [4.69, 9.17) is 0 Å². The minimum Gasteiger partial charge on any atom is -0.469 e. The maximum absolute atomic E-state index is 3.18. The maximum Gasteiger partial charge on any atom is 2.00 e. The van der Waals surface area contributed by atoms with Crippen LogP contribution < -0.4 is 18.9 Å². The van der Waals surface area contributed by atoms with Crippen LogP contribution in [0, 0.1) is 63.7 Å². The third-order valence-corrected chi connectivity index (χ3v) is 2.40. The largest absolute Gasteiger partial charge is 2.00 e. The second-order valence-corrected chi connectivity index (χ2v) is 3.73. The first-order chi connectivity index (χ1) is 7.22. The molecule has 0 aromatic heterocycles. The number of hydrogen-bond donors (Lipinski definition) is 0. The second-order valence-electron chi connectivity index (χ2n) is 3.73. The average Bonchev–Trinajstić information content (AvgIpc) is 2.92. The molecule has 3 heteroatoms. The molecule has 0 aromatic carbocycles. The van der Waals surface area contributed by atoms with E-state index in [0.717, 1.165) is 0 Å². The van der Waals surface area contributed by atoms with Gasteiger partial charge in [-0.1, -0.05) is 19.8 Å². The Morgan fingerprint density at radius 1 is 1.00 bits per heavy atom. The van der Waals surface area contributed by atoms with Crippen molar-refractivity contribution >= 4 is 0 Å². The summed E-state index contributed by atoms with van der Waals surface area (Å²) in [4.78, 5) is 2.17. The van der Waals surface area contributed by atoms with E-state index in [-0.39, 0.29) is 35.9 Å². The zero-order valence-electron chi connectivity index (χ0n) is 11.0. The smallest absolute Gasteiger partial charge is 0.469 e. The molecular formula is C14H18FeLiN+2. The van der Waals surface area contributed by atoms with Crippen molar-refractivity contribution in [3.05, 3.63) is 63.7 Å². The van der Waals surface area contributed by atoms with E-state index < -0.39 is 0 Å². The van der Waals surface area contributed by atoms with Gasteiger partial charge in [0.1, 0.15) is 0 Å². The average molecular weight is 263 g/mol. The van der Waals surface area contributed by atoms with Gasteiger partial charge in [0.05, 0.1) is 0 Å². The van der Waals surface area contributed by atoms with E-state index in [1.807, 2.05) is 44.9 Å². The minimum atomic E-state index is 0. The summed E-state index contributed by atoms with van der Waals surface area (Å²) in [6.45, 7) is 2.17. The van der Waals surface area contributed by atoms with E-state index in [0.29, 0.717) is 6.04 Å².